The first-order valence-electron chi connectivity index (χ1n) is 7.60. The minimum Gasteiger partial charge on any atom is -0.489 e. The Morgan fingerprint density at radius 1 is 1.17 bits per heavy atom. The zero-order valence-electron chi connectivity index (χ0n) is 13.9. The monoisotopic (exact) mass is 438 g/mol. The molecule has 2 aromatic carbocycles. The van der Waals surface area contributed by atoms with E-state index in [9.17, 15) is 9.59 Å². The minimum atomic E-state index is -0.873. The first-order valence-corrected chi connectivity index (χ1v) is 8.68. The fourth-order valence-corrected chi connectivity index (χ4v) is 3.02. The van der Waals surface area contributed by atoms with Gasteiger partial charge in [0.05, 0.1) is 7.11 Å². The van der Waals surface area contributed by atoms with Gasteiger partial charge in [0, 0.05) is 14.7 Å². The molecule has 0 atom stereocenters. The van der Waals surface area contributed by atoms with E-state index in [0.29, 0.717) is 11.1 Å². The Bertz CT molecular complexity index is 768. The van der Waals surface area contributed by atoms with Crippen LogP contribution in [-0.2, 0) is 22.6 Å². The van der Waals surface area contributed by atoms with Crippen molar-refractivity contribution >= 4 is 34.3 Å². The molecule has 0 unspecified atom stereocenters. The average molecular weight is 438 g/mol. The van der Waals surface area contributed by atoms with E-state index in [1.165, 1.54) is 12.7 Å². The molecule has 0 fully saturated rings. The van der Waals surface area contributed by atoms with Crippen LogP contribution < -0.4 is 4.74 Å². The minimum absolute atomic E-state index is 0.212. The second-order valence-corrected chi connectivity index (χ2v) is 6.49. The van der Waals surface area contributed by atoms with Crippen molar-refractivity contribution < 1.29 is 19.1 Å². The highest BCUT2D eigenvalue weighted by Gasteiger charge is 2.21. The van der Waals surface area contributed by atoms with Crippen LogP contribution >= 0.6 is 22.6 Å². The molecule has 0 heterocycles. The zero-order chi connectivity index (χ0) is 17.7. The van der Waals surface area contributed by atoms with Gasteiger partial charge in [0.15, 0.2) is 0 Å². The van der Waals surface area contributed by atoms with E-state index in [1.807, 2.05) is 25.1 Å². The molecule has 4 nitrogen and oxygen atoms in total. The first-order chi connectivity index (χ1) is 11.5. The Labute approximate surface area is 155 Å². The molecule has 0 amide bonds. The van der Waals surface area contributed by atoms with Crippen molar-refractivity contribution in [1.29, 1.82) is 0 Å². The van der Waals surface area contributed by atoms with E-state index in [0.717, 1.165) is 21.3 Å². The Morgan fingerprint density at radius 2 is 1.92 bits per heavy atom. The number of benzene rings is 2. The van der Waals surface area contributed by atoms with E-state index in [2.05, 4.69) is 40.3 Å². The van der Waals surface area contributed by atoms with Crippen LogP contribution in [0.5, 0.6) is 5.75 Å². The molecule has 0 aliphatic rings. The van der Waals surface area contributed by atoms with Gasteiger partial charge in [0.25, 0.3) is 5.78 Å². The maximum absolute atomic E-state index is 12.2. The van der Waals surface area contributed by atoms with E-state index in [-0.39, 0.29) is 6.61 Å². The molecule has 0 saturated carbocycles. The number of carbonyl (C=O) groups excluding carboxylic acids is 2. The lowest BCUT2D eigenvalue weighted by atomic mass is 10.0. The highest BCUT2D eigenvalue weighted by molar-refractivity contribution is 14.1. The number of ether oxygens (including phenoxy) is 2. The Kier molecular flexibility index (Phi) is 6.36. The summed E-state index contributed by atoms with van der Waals surface area (Å²) in [6, 6.07) is 11.3. The van der Waals surface area contributed by atoms with Crippen LogP contribution in [0.1, 0.15) is 34.0 Å². The standard InChI is InChI=1S/C19H19IO4/c1-4-13-8-9-17(12(2)10-13)24-11-15-14(6-5-7-16(15)20)18(21)19(22)23-3/h5-10H,4,11H2,1-3H3. The van der Waals surface area contributed by atoms with Crippen molar-refractivity contribution in [1.82, 2.24) is 0 Å². The Morgan fingerprint density at radius 3 is 2.54 bits per heavy atom. The number of methoxy groups -OCH3 is 1. The normalized spacial score (nSPS) is 10.3. The van der Waals surface area contributed by atoms with Crippen molar-refractivity contribution in [2.75, 3.05) is 7.11 Å². The van der Waals surface area contributed by atoms with Crippen LogP contribution in [0, 0.1) is 10.5 Å². The predicted molar refractivity (Wildman–Crippen MR) is 100 cm³/mol. The van der Waals surface area contributed by atoms with Gasteiger partial charge in [-0.15, -0.1) is 0 Å². The highest BCUT2D eigenvalue weighted by Crippen LogP contribution is 2.24. The third-order valence-corrected chi connectivity index (χ3v) is 4.76. The summed E-state index contributed by atoms with van der Waals surface area (Å²) in [5.74, 6) is -0.766. The number of ketones is 1. The van der Waals surface area contributed by atoms with Gasteiger partial charge in [-0.1, -0.05) is 31.2 Å². The second-order valence-electron chi connectivity index (χ2n) is 5.33. The fraction of sp³-hybridized carbons (Fsp3) is 0.263. The molecule has 2 rings (SSSR count). The smallest absolute Gasteiger partial charge is 0.379 e. The van der Waals surface area contributed by atoms with Crippen molar-refractivity contribution in [3.8, 4) is 5.75 Å². The number of halogens is 1. The SMILES string of the molecule is CCc1ccc(OCc2c(I)cccc2C(=O)C(=O)OC)c(C)c1. The van der Waals surface area contributed by atoms with Crippen LogP contribution in [0.4, 0.5) is 0 Å². The molecule has 0 aliphatic carbocycles. The fourth-order valence-electron chi connectivity index (χ4n) is 2.36. The van der Waals surface area contributed by atoms with Gasteiger partial charge in [-0.2, -0.15) is 0 Å². The highest BCUT2D eigenvalue weighted by atomic mass is 127. The molecule has 0 saturated heterocycles. The summed E-state index contributed by atoms with van der Waals surface area (Å²) in [6.45, 7) is 4.31. The lowest BCUT2D eigenvalue weighted by Crippen LogP contribution is -2.18. The number of hydrogen-bond acceptors (Lipinski definition) is 4. The third kappa shape index (κ3) is 4.14. The van der Waals surface area contributed by atoms with Crippen LogP contribution in [0.25, 0.3) is 0 Å². The molecule has 126 valence electrons. The number of esters is 1. The third-order valence-electron chi connectivity index (χ3n) is 3.75. The second kappa shape index (κ2) is 8.28. The van der Waals surface area contributed by atoms with Gasteiger partial charge in [-0.3, -0.25) is 4.79 Å². The summed E-state index contributed by atoms with van der Waals surface area (Å²) in [7, 11) is 1.20. The van der Waals surface area contributed by atoms with Crippen molar-refractivity contribution in [2.45, 2.75) is 26.9 Å². The van der Waals surface area contributed by atoms with Gasteiger partial charge in [0.2, 0.25) is 0 Å². The topological polar surface area (TPSA) is 52.6 Å². The van der Waals surface area contributed by atoms with Crippen LogP contribution in [-0.4, -0.2) is 18.9 Å². The molecule has 0 aromatic heterocycles. The number of rotatable bonds is 6. The molecule has 0 bridgehead atoms. The number of Topliss-reactive ketones (excluding diaryl/α,β-unsaturated/α-hetero) is 1. The summed E-state index contributed by atoms with van der Waals surface area (Å²) < 4.78 is 11.3. The van der Waals surface area contributed by atoms with Crippen LogP contribution in [0.15, 0.2) is 36.4 Å². The maximum atomic E-state index is 12.2. The van der Waals surface area contributed by atoms with Gasteiger partial charge in [-0.25, -0.2) is 4.79 Å². The number of hydrogen-bond donors (Lipinski definition) is 0. The summed E-state index contributed by atoms with van der Waals surface area (Å²) in [5.41, 5.74) is 3.29. The first kappa shape index (κ1) is 18.4. The van der Waals surface area contributed by atoms with Crippen molar-refractivity contribution in [2.24, 2.45) is 0 Å². The van der Waals surface area contributed by atoms with Crippen LogP contribution in [0.2, 0.25) is 0 Å². The maximum Gasteiger partial charge on any atom is 0.379 e. The molecule has 24 heavy (non-hydrogen) atoms. The lowest BCUT2D eigenvalue weighted by Gasteiger charge is -2.14. The lowest BCUT2D eigenvalue weighted by molar-refractivity contribution is -0.135. The zero-order valence-corrected chi connectivity index (χ0v) is 16.0. The number of carbonyl (C=O) groups is 2. The van der Waals surface area contributed by atoms with E-state index < -0.39 is 11.8 Å². The quantitative estimate of drug-likeness (QED) is 0.295. The van der Waals surface area contributed by atoms with Gasteiger partial charge < -0.3 is 9.47 Å². The van der Waals surface area contributed by atoms with Crippen LogP contribution in [0.3, 0.4) is 0 Å². The predicted octanol–water partition coefficient (Wildman–Crippen LogP) is 4.10. The summed E-state index contributed by atoms with van der Waals surface area (Å²) in [6.07, 6.45) is 0.968. The molecule has 0 N–H and O–H groups in total. The van der Waals surface area contributed by atoms with E-state index in [1.54, 1.807) is 12.1 Å². The number of aryl methyl sites for hydroxylation is 2. The van der Waals surface area contributed by atoms with Gasteiger partial charge in [-0.05, 0) is 59.2 Å². The molecular weight excluding hydrogens is 419 g/mol. The molecule has 0 aliphatic heterocycles. The van der Waals surface area contributed by atoms with E-state index in [4.69, 9.17) is 4.74 Å². The largest absolute Gasteiger partial charge is 0.489 e. The molecule has 0 spiro atoms. The molecular formula is C19H19IO4. The Balaban J connectivity index is 2.27. The Hall–Kier alpha value is -1.89. The average Bonchev–Trinajstić information content (AvgIpc) is 2.59. The summed E-state index contributed by atoms with van der Waals surface area (Å²) in [5, 5.41) is 0. The summed E-state index contributed by atoms with van der Waals surface area (Å²) >= 11 is 2.13. The van der Waals surface area contributed by atoms with Crippen molar-refractivity contribution in [3.05, 3.63) is 62.2 Å². The van der Waals surface area contributed by atoms with E-state index >= 15 is 0 Å². The van der Waals surface area contributed by atoms with Gasteiger partial charge in [0.1, 0.15) is 12.4 Å². The molecule has 2 aromatic rings. The molecule has 0 radical (unpaired) electrons. The van der Waals surface area contributed by atoms with Gasteiger partial charge >= 0.3 is 5.97 Å². The molecule has 5 heteroatoms. The summed E-state index contributed by atoms with van der Waals surface area (Å²) in [4.78, 5) is 23.7. The van der Waals surface area contributed by atoms with Crippen molar-refractivity contribution in [3.63, 3.8) is 0 Å².